The molecule has 0 aliphatic carbocycles. The first kappa shape index (κ1) is 19.2. The van der Waals surface area contributed by atoms with E-state index in [0.29, 0.717) is 11.4 Å². The summed E-state index contributed by atoms with van der Waals surface area (Å²) in [5.74, 6) is -0.514. The Morgan fingerprint density at radius 3 is 2.50 bits per heavy atom. The molecule has 0 saturated carbocycles. The van der Waals surface area contributed by atoms with Crippen molar-refractivity contribution in [3.05, 3.63) is 76.6 Å². The maximum absolute atomic E-state index is 12.7. The van der Waals surface area contributed by atoms with Gasteiger partial charge in [0.15, 0.2) is 18.1 Å². The maximum Gasteiger partial charge on any atom is 0.357 e. The van der Waals surface area contributed by atoms with E-state index < -0.39 is 5.97 Å². The molecule has 1 aromatic heterocycles. The zero-order valence-electron chi connectivity index (χ0n) is 15.9. The molecule has 0 radical (unpaired) electrons. The summed E-state index contributed by atoms with van der Waals surface area (Å²) < 4.78 is 6.58. The average Bonchev–Trinajstić information content (AvgIpc) is 3.12. The highest BCUT2D eigenvalue weighted by Crippen LogP contribution is 2.15. The van der Waals surface area contributed by atoms with Crippen molar-refractivity contribution in [2.24, 2.45) is 0 Å². The van der Waals surface area contributed by atoms with Gasteiger partial charge in [0.25, 0.3) is 0 Å². The summed E-state index contributed by atoms with van der Waals surface area (Å²) in [5.41, 5.74) is 3.25. The van der Waals surface area contributed by atoms with Gasteiger partial charge in [0.2, 0.25) is 5.78 Å². The first-order valence-electron chi connectivity index (χ1n) is 8.75. The van der Waals surface area contributed by atoms with Crippen molar-refractivity contribution in [3.8, 4) is 0 Å². The summed E-state index contributed by atoms with van der Waals surface area (Å²) in [5, 5.41) is 11.2. The van der Waals surface area contributed by atoms with Gasteiger partial charge in [-0.1, -0.05) is 48.0 Å². The summed E-state index contributed by atoms with van der Waals surface area (Å²) >= 11 is 0. The molecule has 7 nitrogen and oxygen atoms in total. The number of tetrazole rings is 1. The Labute approximate surface area is 162 Å². The normalized spacial score (nSPS) is 11.3. The van der Waals surface area contributed by atoms with Crippen molar-refractivity contribution in [2.75, 3.05) is 6.61 Å². The molecule has 0 amide bonds. The minimum Gasteiger partial charge on any atom is -0.453 e. The fourth-order valence-electron chi connectivity index (χ4n) is 2.69. The van der Waals surface area contributed by atoms with Gasteiger partial charge in [0.05, 0.1) is 0 Å². The molecule has 0 N–H and O–H groups in total. The lowest BCUT2D eigenvalue weighted by molar-refractivity contribution is -0.136. The molecule has 0 aliphatic rings. The van der Waals surface area contributed by atoms with E-state index in [1.54, 1.807) is 19.1 Å². The molecule has 142 valence electrons. The summed E-state index contributed by atoms with van der Waals surface area (Å²) in [6.07, 6.45) is 1.62. The molecule has 0 spiro atoms. The van der Waals surface area contributed by atoms with Crippen LogP contribution in [-0.2, 0) is 9.53 Å². The second kappa shape index (κ2) is 8.39. The van der Waals surface area contributed by atoms with Gasteiger partial charge in [0.1, 0.15) is 0 Å². The number of hydrogen-bond donors (Lipinski definition) is 0. The zero-order valence-corrected chi connectivity index (χ0v) is 15.9. The molecule has 0 aliphatic heterocycles. The lowest BCUT2D eigenvalue weighted by atomic mass is 10.0. The highest BCUT2D eigenvalue weighted by Gasteiger charge is 2.20. The Morgan fingerprint density at radius 2 is 1.82 bits per heavy atom. The predicted molar refractivity (Wildman–Crippen MR) is 104 cm³/mol. The number of ketones is 1. The van der Waals surface area contributed by atoms with E-state index in [9.17, 15) is 9.59 Å². The minimum atomic E-state index is -0.682. The van der Waals surface area contributed by atoms with Crippen LogP contribution in [0.3, 0.4) is 0 Å². The van der Waals surface area contributed by atoms with E-state index in [1.807, 2.05) is 56.3 Å². The number of benzene rings is 2. The largest absolute Gasteiger partial charge is 0.453 e. The van der Waals surface area contributed by atoms with Gasteiger partial charge in [-0.2, -0.15) is 4.68 Å². The molecule has 0 unspecified atom stereocenters. The monoisotopic (exact) mass is 376 g/mol. The number of carbonyl (C=O) groups is 2. The molecule has 0 fully saturated rings. The molecular weight excluding hydrogens is 356 g/mol. The molecule has 3 rings (SSSR count). The Balaban J connectivity index is 1.82. The summed E-state index contributed by atoms with van der Waals surface area (Å²) in [7, 11) is 0. The number of Topliss-reactive ketones (excluding diaryl/α,β-unsaturated/α-hetero) is 1. The molecular formula is C21H20N4O3. The highest BCUT2D eigenvalue weighted by atomic mass is 16.5. The first-order chi connectivity index (χ1) is 13.5. The third kappa shape index (κ3) is 4.37. The Bertz CT molecular complexity index is 1040. The van der Waals surface area contributed by atoms with Crippen LogP contribution in [0.5, 0.6) is 0 Å². The number of nitrogens with zero attached hydrogens (tertiary/aromatic N) is 4. The van der Waals surface area contributed by atoms with Crippen molar-refractivity contribution in [1.82, 2.24) is 20.2 Å². The fraction of sp³-hybridized carbons (Fsp3) is 0.190. The summed E-state index contributed by atoms with van der Waals surface area (Å²) in [4.78, 5) is 25.2. The number of hydrogen-bond acceptors (Lipinski definition) is 6. The zero-order chi connectivity index (χ0) is 20.1. The number of aromatic nitrogens is 4. The molecule has 0 atom stereocenters. The van der Waals surface area contributed by atoms with Crippen LogP contribution in [-0.4, -0.2) is 38.6 Å². The second-order valence-corrected chi connectivity index (χ2v) is 6.40. The van der Waals surface area contributed by atoms with Crippen molar-refractivity contribution in [1.29, 1.82) is 0 Å². The van der Waals surface area contributed by atoms with Crippen molar-refractivity contribution in [3.63, 3.8) is 0 Å². The minimum absolute atomic E-state index is 0.127. The third-order valence-corrected chi connectivity index (χ3v) is 4.19. The van der Waals surface area contributed by atoms with E-state index in [-0.39, 0.29) is 18.1 Å². The molecule has 28 heavy (non-hydrogen) atoms. The van der Waals surface area contributed by atoms with Gasteiger partial charge < -0.3 is 4.74 Å². The van der Waals surface area contributed by atoms with Gasteiger partial charge in [-0.05, 0) is 54.5 Å². The maximum atomic E-state index is 12.7. The van der Waals surface area contributed by atoms with Crippen LogP contribution in [0, 0.1) is 20.8 Å². The summed E-state index contributed by atoms with van der Waals surface area (Å²) in [6, 6.07) is 14.9. The van der Waals surface area contributed by atoms with Gasteiger partial charge in [0, 0.05) is 5.56 Å². The number of carbonyl (C=O) groups excluding carboxylic acids is 2. The van der Waals surface area contributed by atoms with E-state index in [4.69, 9.17) is 4.74 Å². The standard InChI is InChI=1S/C21H20N4O3/c1-14-9-10-15(2)18(11-14)20(26)13-28-21(27)19(25-16(3)22-23-24-25)12-17-7-5-4-6-8-17/h4-12H,13H2,1-3H3. The van der Waals surface area contributed by atoms with E-state index in [2.05, 4.69) is 15.5 Å². The SMILES string of the molecule is Cc1ccc(C)c(C(=O)COC(=O)C(=Cc2ccccc2)n2nnnc2C)c1. The smallest absolute Gasteiger partial charge is 0.357 e. The van der Waals surface area contributed by atoms with Crippen LogP contribution in [0.15, 0.2) is 48.5 Å². The van der Waals surface area contributed by atoms with Gasteiger partial charge in [-0.15, -0.1) is 5.10 Å². The lowest BCUT2D eigenvalue weighted by Gasteiger charge is -2.10. The van der Waals surface area contributed by atoms with Gasteiger partial charge >= 0.3 is 5.97 Å². The molecule has 3 aromatic rings. The molecule has 0 bridgehead atoms. The Kier molecular flexibility index (Phi) is 5.74. The van der Waals surface area contributed by atoms with Crippen molar-refractivity contribution in [2.45, 2.75) is 20.8 Å². The first-order valence-corrected chi connectivity index (χ1v) is 8.75. The van der Waals surface area contributed by atoms with Gasteiger partial charge in [-0.3, -0.25) is 4.79 Å². The van der Waals surface area contributed by atoms with E-state index >= 15 is 0 Å². The van der Waals surface area contributed by atoms with Crippen molar-refractivity contribution < 1.29 is 14.3 Å². The number of ether oxygens (including phenoxy) is 1. The Hall–Kier alpha value is -3.61. The molecule has 7 heteroatoms. The third-order valence-electron chi connectivity index (χ3n) is 4.19. The molecule has 1 heterocycles. The fourth-order valence-corrected chi connectivity index (χ4v) is 2.69. The van der Waals surface area contributed by atoms with Crippen LogP contribution in [0.4, 0.5) is 0 Å². The van der Waals surface area contributed by atoms with Crippen LogP contribution < -0.4 is 0 Å². The van der Waals surface area contributed by atoms with Crippen molar-refractivity contribution >= 4 is 23.5 Å². The van der Waals surface area contributed by atoms with Crippen LogP contribution in [0.2, 0.25) is 0 Å². The molecule has 2 aromatic carbocycles. The highest BCUT2D eigenvalue weighted by molar-refractivity contribution is 6.16. The van der Waals surface area contributed by atoms with Gasteiger partial charge in [-0.25, -0.2) is 4.79 Å². The quantitative estimate of drug-likeness (QED) is 0.373. The number of rotatable bonds is 6. The number of aryl methyl sites for hydroxylation is 3. The average molecular weight is 376 g/mol. The van der Waals surface area contributed by atoms with Crippen LogP contribution in [0.25, 0.3) is 11.8 Å². The topological polar surface area (TPSA) is 87.0 Å². The Morgan fingerprint density at radius 1 is 1.07 bits per heavy atom. The predicted octanol–water partition coefficient (Wildman–Crippen LogP) is 3.02. The van der Waals surface area contributed by atoms with Crippen LogP contribution in [0.1, 0.15) is 32.9 Å². The molecule has 0 saturated heterocycles. The van der Waals surface area contributed by atoms with E-state index in [1.165, 1.54) is 4.68 Å². The lowest BCUT2D eigenvalue weighted by Crippen LogP contribution is -2.19. The second-order valence-electron chi connectivity index (χ2n) is 6.40. The van der Waals surface area contributed by atoms with Crippen LogP contribution >= 0.6 is 0 Å². The van der Waals surface area contributed by atoms with E-state index in [0.717, 1.165) is 16.7 Å². The number of esters is 1. The summed E-state index contributed by atoms with van der Waals surface area (Å²) in [6.45, 7) is 5.06.